The van der Waals surface area contributed by atoms with Crippen LogP contribution >= 0.6 is 0 Å². The molecule has 7 nitrogen and oxygen atoms in total. The highest BCUT2D eigenvalue weighted by Gasteiger charge is 2.42. The van der Waals surface area contributed by atoms with Gasteiger partial charge in [-0.05, 0) is 36.6 Å². The number of ketones is 1. The molecular weight excluding hydrogens is 364 g/mol. The molecule has 0 spiro atoms. The van der Waals surface area contributed by atoms with Gasteiger partial charge in [0, 0.05) is 18.9 Å². The Balaban J connectivity index is 2.03. The molecule has 1 N–H and O–H groups in total. The third-order valence-electron chi connectivity index (χ3n) is 4.84. The maximum absolute atomic E-state index is 12.3. The van der Waals surface area contributed by atoms with E-state index in [1.54, 1.807) is 12.2 Å². The number of carbonyl (C=O) groups is 3. The van der Waals surface area contributed by atoms with Crippen LogP contribution in [0.5, 0.6) is 0 Å². The molecule has 0 amide bonds. The Labute approximate surface area is 162 Å². The zero-order valence-corrected chi connectivity index (χ0v) is 15.7. The Bertz CT molecular complexity index is 841. The minimum absolute atomic E-state index is 0.0216. The second-order valence-electron chi connectivity index (χ2n) is 7.07. The second kappa shape index (κ2) is 8.10. The number of allylic oxidation sites excluding steroid dienone is 2. The molecule has 148 valence electrons. The fourth-order valence-electron chi connectivity index (χ4n) is 3.51. The summed E-state index contributed by atoms with van der Waals surface area (Å²) in [5.74, 6) is -1.83. The minimum atomic E-state index is -1.16. The van der Waals surface area contributed by atoms with E-state index >= 15 is 0 Å². The molecule has 3 aliphatic rings. The predicted molar refractivity (Wildman–Crippen MR) is 97.7 cm³/mol. The number of rotatable bonds is 1. The Hall–Kier alpha value is -2.73. The van der Waals surface area contributed by atoms with Gasteiger partial charge >= 0.3 is 11.9 Å². The van der Waals surface area contributed by atoms with Crippen molar-refractivity contribution in [1.82, 2.24) is 0 Å². The van der Waals surface area contributed by atoms with Gasteiger partial charge in [-0.2, -0.15) is 0 Å². The van der Waals surface area contributed by atoms with Crippen molar-refractivity contribution in [1.29, 1.82) is 0 Å². The van der Waals surface area contributed by atoms with Crippen molar-refractivity contribution in [2.75, 3.05) is 0 Å². The summed E-state index contributed by atoms with van der Waals surface area (Å²) >= 11 is 0. The molecule has 0 aromatic rings. The molecule has 0 saturated carbocycles. The summed E-state index contributed by atoms with van der Waals surface area (Å²) < 4.78 is 16.2. The highest BCUT2D eigenvalue weighted by molar-refractivity contribution is 5.95. The van der Waals surface area contributed by atoms with E-state index in [1.807, 2.05) is 6.92 Å². The smallest absolute Gasteiger partial charge is 0.338 e. The topological polar surface area (TPSA) is 99.1 Å². The Kier molecular flexibility index (Phi) is 5.79. The molecular formula is C21H22O7. The summed E-state index contributed by atoms with van der Waals surface area (Å²) in [6.07, 6.45) is 3.05. The van der Waals surface area contributed by atoms with Crippen LogP contribution < -0.4 is 0 Å². The van der Waals surface area contributed by atoms with E-state index in [2.05, 4.69) is 12.3 Å². The second-order valence-corrected chi connectivity index (χ2v) is 7.07. The molecule has 0 unspecified atom stereocenters. The summed E-state index contributed by atoms with van der Waals surface area (Å²) in [7, 11) is 0. The molecule has 5 atom stereocenters. The molecule has 1 saturated heterocycles. The standard InChI is InChI=1S/C21H22O7/c1-11-5-4-6-14(23)8-15-9-17(21(25)27-15)19(26-13(3)22)10-16-12(2)20(24)28-18(16)7-11/h5-7,9,15-16,18-20,24H,2,8,10H2,1,3H3/b11-7+/t4?,15-,16-,18+,19+,20-/m0/s1. The first kappa shape index (κ1) is 20.0. The van der Waals surface area contributed by atoms with Crippen molar-refractivity contribution in [3.05, 3.63) is 53.3 Å². The third-order valence-corrected chi connectivity index (χ3v) is 4.84. The van der Waals surface area contributed by atoms with Crippen LogP contribution in [0.4, 0.5) is 0 Å². The van der Waals surface area contributed by atoms with Crippen LogP contribution in [0.1, 0.15) is 26.7 Å². The molecule has 2 heterocycles. The van der Waals surface area contributed by atoms with Gasteiger partial charge in [0.2, 0.25) is 0 Å². The summed E-state index contributed by atoms with van der Waals surface area (Å²) in [5.41, 5.74) is 4.20. The monoisotopic (exact) mass is 386 g/mol. The molecule has 0 aromatic carbocycles. The number of carbonyl (C=O) groups excluding carboxylic acids is 3. The molecule has 0 aromatic heterocycles. The predicted octanol–water partition coefficient (Wildman–Crippen LogP) is 1.68. The van der Waals surface area contributed by atoms with Crippen molar-refractivity contribution in [3.8, 4) is 0 Å². The van der Waals surface area contributed by atoms with Crippen LogP contribution in [0.3, 0.4) is 0 Å². The number of fused-ring (bicyclic) bond motifs is 2. The molecule has 1 aliphatic carbocycles. The molecule has 0 radical (unpaired) electrons. The Morgan fingerprint density at radius 3 is 2.79 bits per heavy atom. The molecule has 2 aliphatic heterocycles. The Morgan fingerprint density at radius 1 is 1.32 bits per heavy atom. The number of hydrogen-bond donors (Lipinski definition) is 1. The number of hydrogen-bond acceptors (Lipinski definition) is 7. The summed E-state index contributed by atoms with van der Waals surface area (Å²) in [6, 6.07) is 0. The fourth-order valence-corrected chi connectivity index (χ4v) is 3.51. The zero-order chi connectivity index (χ0) is 20.4. The maximum Gasteiger partial charge on any atom is 0.338 e. The van der Waals surface area contributed by atoms with Gasteiger partial charge in [-0.1, -0.05) is 12.7 Å². The lowest BCUT2D eigenvalue weighted by Gasteiger charge is -2.23. The largest absolute Gasteiger partial charge is 0.457 e. The van der Waals surface area contributed by atoms with Gasteiger partial charge < -0.3 is 19.3 Å². The first-order chi connectivity index (χ1) is 13.2. The highest BCUT2D eigenvalue weighted by atomic mass is 16.6. The van der Waals surface area contributed by atoms with Crippen molar-refractivity contribution < 1.29 is 33.7 Å². The van der Waals surface area contributed by atoms with Crippen LogP contribution in [-0.4, -0.2) is 47.4 Å². The van der Waals surface area contributed by atoms with Crippen molar-refractivity contribution in [3.63, 3.8) is 0 Å². The van der Waals surface area contributed by atoms with E-state index in [9.17, 15) is 19.5 Å². The first-order valence-electron chi connectivity index (χ1n) is 9.00. The van der Waals surface area contributed by atoms with Gasteiger partial charge in [-0.3, -0.25) is 9.59 Å². The van der Waals surface area contributed by atoms with E-state index in [0.29, 0.717) is 5.57 Å². The van der Waals surface area contributed by atoms with Crippen LogP contribution in [0.2, 0.25) is 0 Å². The molecule has 7 heteroatoms. The van der Waals surface area contributed by atoms with Crippen molar-refractivity contribution in [2.45, 2.75) is 51.3 Å². The van der Waals surface area contributed by atoms with Gasteiger partial charge in [0.1, 0.15) is 12.2 Å². The summed E-state index contributed by atoms with van der Waals surface area (Å²) in [5, 5.41) is 10.1. The molecule has 28 heavy (non-hydrogen) atoms. The molecule has 2 bridgehead atoms. The van der Waals surface area contributed by atoms with Crippen LogP contribution in [0.25, 0.3) is 0 Å². The van der Waals surface area contributed by atoms with E-state index < -0.39 is 36.5 Å². The SMILES string of the molecule is C=C1[C@@H](O)O[C@@H]2/C=C(\C)C=C=CC(=O)C[C@H]3C=C(C(=O)O3)[C@H](OC(C)=O)C[C@@H]12. The number of ether oxygens (including phenoxy) is 3. The van der Waals surface area contributed by atoms with Crippen molar-refractivity contribution >= 4 is 17.7 Å². The average molecular weight is 386 g/mol. The fraction of sp³-hybridized carbons (Fsp3) is 0.429. The van der Waals surface area contributed by atoms with Crippen LogP contribution in [0.15, 0.2) is 53.3 Å². The number of aliphatic hydroxyl groups excluding tert-OH is 1. The van der Waals surface area contributed by atoms with E-state index in [4.69, 9.17) is 14.2 Å². The lowest BCUT2D eigenvalue weighted by Crippen LogP contribution is -2.28. The third kappa shape index (κ3) is 4.39. The molecule has 1 fully saturated rings. The highest BCUT2D eigenvalue weighted by Crippen LogP contribution is 2.37. The van der Waals surface area contributed by atoms with Gasteiger partial charge in [0.15, 0.2) is 12.1 Å². The van der Waals surface area contributed by atoms with Crippen molar-refractivity contribution in [2.24, 2.45) is 5.92 Å². The summed E-state index contributed by atoms with van der Waals surface area (Å²) in [6.45, 7) is 6.96. The maximum atomic E-state index is 12.3. The number of aliphatic hydroxyl groups is 1. The van der Waals surface area contributed by atoms with Crippen LogP contribution in [-0.2, 0) is 28.6 Å². The average Bonchev–Trinajstić information content (AvgIpc) is 3.07. The van der Waals surface area contributed by atoms with Crippen LogP contribution in [0, 0.1) is 5.92 Å². The van der Waals surface area contributed by atoms with Gasteiger partial charge in [-0.15, -0.1) is 5.73 Å². The quantitative estimate of drug-likeness (QED) is 0.416. The lowest BCUT2D eigenvalue weighted by atomic mass is 9.87. The van der Waals surface area contributed by atoms with Gasteiger partial charge in [0.05, 0.1) is 18.1 Å². The van der Waals surface area contributed by atoms with E-state index in [-0.39, 0.29) is 30.1 Å². The number of esters is 2. The van der Waals surface area contributed by atoms with Gasteiger partial charge in [-0.25, -0.2) is 4.79 Å². The van der Waals surface area contributed by atoms with E-state index in [1.165, 1.54) is 19.1 Å². The minimum Gasteiger partial charge on any atom is -0.457 e. The first-order valence-corrected chi connectivity index (χ1v) is 9.00. The Morgan fingerprint density at radius 2 is 2.07 bits per heavy atom. The van der Waals surface area contributed by atoms with Gasteiger partial charge in [0.25, 0.3) is 0 Å². The zero-order valence-electron chi connectivity index (χ0n) is 15.7. The van der Waals surface area contributed by atoms with E-state index in [0.717, 1.165) is 5.57 Å². The summed E-state index contributed by atoms with van der Waals surface area (Å²) in [4.78, 5) is 36.0. The normalized spacial score (nSPS) is 34.8. The lowest BCUT2D eigenvalue weighted by molar-refractivity contribution is -0.148. The molecule has 3 rings (SSSR count).